The van der Waals surface area contributed by atoms with Crippen molar-refractivity contribution in [3.8, 4) is 0 Å². The second-order valence-electron chi connectivity index (χ2n) is 30.4. The van der Waals surface area contributed by atoms with E-state index in [2.05, 4.69) is 41.5 Å². The van der Waals surface area contributed by atoms with Crippen LogP contribution in [0.5, 0.6) is 0 Å². The van der Waals surface area contributed by atoms with E-state index < -0.39 is 97.5 Å². The summed E-state index contributed by atoms with van der Waals surface area (Å²) in [6.07, 6.45) is 65.1. The van der Waals surface area contributed by atoms with Crippen LogP contribution in [-0.2, 0) is 65.4 Å². The highest BCUT2D eigenvalue weighted by Gasteiger charge is 2.30. The topological polar surface area (TPSA) is 237 Å². The molecule has 0 aromatic heterocycles. The number of hydrogen-bond donors (Lipinski definition) is 3. The zero-order valence-corrected chi connectivity index (χ0v) is 68.7. The highest BCUT2D eigenvalue weighted by Crippen LogP contribution is 2.45. The Kier molecular flexibility index (Phi) is 73.1. The van der Waals surface area contributed by atoms with Gasteiger partial charge in [-0.1, -0.05) is 388 Å². The molecule has 0 aliphatic rings. The second-order valence-corrected chi connectivity index (χ2v) is 33.3. The van der Waals surface area contributed by atoms with Gasteiger partial charge in [-0.3, -0.25) is 37.3 Å². The maximum Gasteiger partial charge on any atom is 0.472 e. The van der Waals surface area contributed by atoms with Gasteiger partial charge in [-0.25, -0.2) is 9.13 Å². The molecule has 3 N–H and O–H groups in total. The molecular weight excluding hydrogens is 1330 g/mol. The fourth-order valence-corrected chi connectivity index (χ4v) is 14.4. The third kappa shape index (κ3) is 73.6. The molecule has 0 aliphatic carbocycles. The van der Waals surface area contributed by atoms with E-state index >= 15 is 0 Å². The summed E-state index contributed by atoms with van der Waals surface area (Å²) in [4.78, 5) is 73.1. The first kappa shape index (κ1) is 100. The number of aliphatic hydroxyl groups excluding tert-OH is 1. The molecule has 0 heterocycles. The molecule has 0 rings (SSSR count). The molecule has 606 valence electrons. The van der Waals surface area contributed by atoms with Crippen molar-refractivity contribution in [1.29, 1.82) is 0 Å². The Labute approximate surface area is 626 Å². The zero-order valence-electron chi connectivity index (χ0n) is 66.9. The summed E-state index contributed by atoms with van der Waals surface area (Å²) in [6.45, 7) is 9.72. The third-order valence-corrected chi connectivity index (χ3v) is 22.1. The summed E-state index contributed by atoms with van der Waals surface area (Å²) in [6, 6.07) is 0. The standard InChI is InChI=1S/C83H162O17P2/c1-7-11-13-15-17-19-21-23-28-33-36-40-47-53-59-65-80(85)93-71-78(99-83(88)68-62-56-50-42-38-34-30-27-25-24-26-29-32-35-39-45-51-57-63-75(5)9-3)73-97-101(89,90)95-69-77(84)70-96-102(91,92)98-74-79(72-94-81(86)66-60-54-48-44-43-46-52-58-64-76(6)10-4)100-82(87)67-61-55-49-41-37-31-22-20-18-16-14-12-8-2/h75-79,84H,7-74H2,1-6H3,(H,89,90)(H,91,92)/t75?,76?,77-,78-,79-/m1/s1. The molecule has 0 fully saturated rings. The van der Waals surface area contributed by atoms with Crippen molar-refractivity contribution in [2.75, 3.05) is 39.6 Å². The number of rotatable bonds is 82. The van der Waals surface area contributed by atoms with Gasteiger partial charge < -0.3 is 33.8 Å². The maximum atomic E-state index is 13.1. The summed E-state index contributed by atoms with van der Waals surface area (Å²) in [5.41, 5.74) is 0. The van der Waals surface area contributed by atoms with Gasteiger partial charge in [0.25, 0.3) is 0 Å². The van der Waals surface area contributed by atoms with Gasteiger partial charge in [0.1, 0.15) is 19.3 Å². The first-order valence-electron chi connectivity index (χ1n) is 43.1. The molecule has 0 aromatic rings. The van der Waals surface area contributed by atoms with Crippen molar-refractivity contribution in [1.82, 2.24) is 0 Å². The number of aliphatic hydroxyl groups is 1. The minimum atomic E-state index is -4.96. The minimum Gasteiger partial charge on any atom is -0.462 e. The molecule has 0 aromatic carbocycles. The highest BCUT2D eigenvalue weighted by molar-refractivity contribution is 7.47. The Hall–Kier alpha value is -1.94. The second kappa shape index (κ2) is 74.5. The lowest BCUT2D eigenvalue weighted by Crippen LogP contribution is -2.30. The van der Waals surface area contributed by atoms with E-state index in [1.165, 1.54) is 257 Å². The van der Waals surface area contributed by atoms with Crippen LogP contribution in [0.4, 0.5) is 0 Å². The fraction of sp³-hybridized carbons (Fsp3) is 0.952. The van der Waals surface area contributed by atoms with Crippen LogP contribution in [0.1, 0.15) is 440 Å². The lowest BCUT2D eigenvalue weighted by molar-refractivity contribution is -0.161. The summed E-state index contributed by atoms with van der Waals surface area (Å²) in [7, 11) is -9.92. The Morgan fingerprint density at radius 3 is 0.696 bits per heavy atom. The summed E-state index contributed by atoms with van der Waals surface area (Å²) >= 11 is 0. The quantitative estimate of drug-likeness (QED) is 0.0222. The molecule has 102 heavy (non-hydrogen) atoms. The molecule has 0 saturated heterocycles. The first-order valence-corrected chi connectivity index (χ1v) is 46.1. The molecule has 0 amide bonds. The molecule has 0 aliphatic heterocycles. The summed E-state index contributed by atoms with van der Waals surface area (Å²) in [5.74, 6) is -0.456. The molecule has 7 atom stereocenters. The lowest BCUT2D eigenvalue weighted by atomic mass is 9.99. The van der Waals surface area contributed by atoms with E-state index in [-0.39, 0.29) is 25.7 Å². The van der Waals surface area contributed by atoms with Crippen LogP contribution in [0.15, 0.2) is 0 Å². The average molecular weight is 1490 g/mol. The van der Waals surface area contributed by atoms with Crippen LogP contribution in [0.2, 0.25) is 0 Å². The monoisotopic (exact) mass is 1490 g/mol. The number of carbonyl (C=O) groups excluding carboxylic acids is 4. The van der Waals surface area contributed by atoms with Gasteiger partial charge in [0.15, 0.2) is 12.2 Å². The van der Waals surface area contributed by atoms with Crippen LogP contribution < -0.4 is 0 Å². The van der Waals surface area contributed by atoms with Gasteiger partial charge >= 0.3 is 39.5 Å². The highest BCUT2D eigenvalue weighted by atomic mass is 31.2. The molecule has 0 spiro atoms. The number of phosphoric acid groups is 2. The van der Waals surface area contributed by atoms with E-state index in [4.69, 9.17) is 37.0 Å². The van der Waals surface area contributed by atoms with E-state index in [0.29, 0.717) is 25.7 Å². The minimum absolute atomic E-state index is 0.107. The van der Waals surface area contributed by atoms with Crippen molar-refractivity contribution in [2.24, 2.45) is 11.8 Å². The number of phosphoric ester groups is 2. The maximum absolute atomic E-state index is 13.1. The molecule has 0 saturated carbocycles. The van der Waals surface area contributed by atoms with Crippen molar-refractivity contribution in [2.45, 2.75) is 458 Å². The predicted molar refractivity (Wildman–Crippen MR) is 418 cm³/mol. The van der Waals surface area contributed by atoms with Crippen molar-refractivity contribution >= 4 is 39.5 Å². The lowest BCUT2D eigenvalue weighted by Gasteiger charge is -2.21. The number of carbonyl (C=O) groups is 4. The predicted octanol–water partition coefficient (Wildman–Crippen LogP) is 25.1. The number of ether oxygens (including phenoxy) is 4. The Balaban J connectivity index is 5.23. The van der Waals surface area contributed by atoms with E-state index in [0.717, 1.165) is 102 Å². The SMILES string of the molecule is CCCCCCCCCCCCCCCCCC(=O)OC[C@H](COP(=O)(O)OC[C@@H](O)COP(=O)(O)OC[C@@H](COC(=O)CCCCCCCCCCC(C)CC)OC(=O)CCCCCCCCCCCCCCC)OC(=O)CCCCCCCCCCCCCCCCCCCCC(C)CC. The third-order valence-electron chi connectivity index (χ3n) is 20.2. The summed E-state index contributed by atoms with van der Waals surface area (Å²) < 4.78 is 68.8. The molecule has 4 unspecified atom stereocenters. The van der Waals surface area contributed by atoms with Gasteiger partial charge in [0.05, 0.1) is 26.4 Å². The average Bonchev–Trinajstić information content (AvgIpc) is 0.940. The van der Waals surface area contributed by atoms with E-state index in [9.17, 15) is 43.2 Å². The van der Waals surface area contributed by atoms with Crippen molar-refractivity contribution < 1.29 is 80.2 Å². The number of esters is 4. The molecule has 0 radical (unpaired) electrons. The van der Waals surface area contributed by atoms with Gasteiger partial charge in [-0.2, -0.15) is 0 Å². The first-order chi connectivity index (χ1) is 49.4. The normalized spacial score (nSPS) is 14.4. The van der Waals surface area contributed by atoms with E-state index in [1.54, 1.807) is 0 Å². The van der Waals surface area contributed by atoms with Crippen molar-refractivity contribution in [3.05, 3.63) is 0 Å². The molecular formula is C83H162O17P2. The molecule has 17 nitrogen and oxygen atoms in total. The van der Waals surface area contributed by atoms with Gasteiger partial charge in [0, 0.05) is 25.7 Å². The Morgan fingerprint density at radius 2 is 0.471 bits per heavy atom. The number of unbranched alkanes of at least 4 members (excludes halogenated alkanes) is 50. The molecule has 19 heteroatoms. The van der Waals surface area contributed by atoms with Gasteiger partial charge in [-0.15, -0.1) is 0 Å². The van der Waals surface area contributed by atoms with Crippen molar-refractivity contribution in [3.63, 3.8) is 0 Å². The zero-order chi connectivity index (χ0) is 74.9. The van der Waals surface area contributed by atoms with Crippen LogP contribution in [0.3, 0.4) is 0 Å². The van der Waals surface area contributed by atoms with Crippen LogP contribution >= 0.6 is 15.6 Å². The van der Waals surface area contributed by atoms with Gasteiger partial charge in [0.2, 0.25) is 0 Å². The number of hydrogen-bond acceptors (Lipinski definition) is 15. The van der Waals surface area contributed by atoms with Gasteiger partial charge in [-0.05, 0) is 37.5 Å². The smallest absolute Gasteiger partial charge is 0.462 e. The van der Waals surface area contributed by atoms with Crippen LogP contribution in [0.25, 0.3) is 0 Å². The van der Waals surface area contributed by atoms with Crippen LogP contribution in [-0.4, -0.2) is 96.7 Å². The molecule has 0 bridgehead atoms. The largest absolute Gasteiger partial charge is 0.472 e. The van der Waals surface area contributed by atoms with Crippen LogP contribution in [0, 0.1) is 11.8 Å². The Morgan fingerprint density at radius 1 is 0.275 bits per heavy atom. The Bertz CT molecular complexity index is 1960. The van der Waals surface area contributed by atoms with E-state index in [1.807, 2.05) is 0 Å². The summed E-state index contributed by atoms with van der Waals surface area (Å²) in [5, 5.41) is 10.7. The fourth-order valence-electron chi connectivity index (χ4n) is 12.8.